The van der Waals surface area contributed by atoms with Gasteiger partial charge in [0.25, 0.3) is 0 Å². The first kappa shape index (κ1) is 36.3. The highest BCUT2D eigenvalue weighted by atomic mass is 19.2. The summed E-state index contributed by atoms with van der Waals surface area (Å²) in [5, 5.41) is 37.8. The molecule has 1 atom stereocenters. The second kappa shape index (κ2) is 16.8. The predicted molar refractivity (Wildman–Crippen MR) is 136 cm³/mol. The number of hydrogen-bond acceptors (Lipinski definition) is 10. The first-order valence-corrected chi connectivity index (χ1v) is 13.1. The first-order valence-electron chi connectivity index (χ1n) is 13.1. The van der Waals surface area contributed by atoms with Crippen molar-refractivity contribution >= 4 is 29.8 Å². The topological polar surface area (TPSA) is 188 Å². The normalized spacial score (nSPS) is 17.3. The molecule has 1 aliphatic rings. The summed E-state index contributed by atoms with van der Waals surface area (Å²) < 4.78 is 72.4. The van der Waals surface area contributed by atoms with Crippen LogP contribution in [0.25, 0.3) is 0 Å². The Bertz CT molecular complexity index is 1180. The van der Waals surface area contributed by atoms with E-state index in [0.29, 0.717) is 0 Å². The van der Waals surface area contributed by atoms with E-state index in [2.05, 4.69) is 4.74 Å². The van der Waals surface area contributed by atoms with Gasteiger partial charge in [-0.3, -0.25) is 43.6 Å². The van der Waals surface area contributed by atoms with E-state index < -0.39 is 103 Å². The van der Waals surface area contributed by atoms with Crippen LogP contribution in [0.1, 0.15) is 12.8 Å². The van der Waals surface area contributed by atoms with Crippen molar-refractivity contribution in [3.05, 3.63) is 29.1 Å². The van der Waals surface area contributed by atoms with Crippen LogP contribution in [0.5, 0.6) is 5.75 Å². The van der Waals surface area contributed by atoms with E-state index in [1.165, 1.54) is 19.6 Å². The Balaban J connectivity index is 2.26. The summed E-state index contributed by atoms with van der Waals surface area (Å²) in [5.41, 5.74) is 0. The standard InChI is InChI=1S/C25H31F5N4O10/c26-19-20(27)22(29)24(23(30)21(19)28)44-18(41)2-1-14(25(42)43)34-9-7-32(12-16(37)38)5-3-31(11-15(35)36)4-6-33(8-10-34)13-17(39)40/h14H,1-13H2,(H,35,36)(H,37,38)(H,39,40)(H,42,43)/t14-/m1/s1. The molecule has 1 heterocycles. The van der Waals surface area contributed by atoms with Crippen LogP contribution < -0.4 is 4.74 Å². The molecule has 0 radical (unpaired) electrons. The number of halogens is 5. The number of hydrogen-bond donors (Lipinski definition) is 4. The van der Waals surface area contributed by atoms with Crippen LogP contribution in [0.2, 0.25) is 0 Å². The van der Waals surface area contributed by atoms with Crippen LogP contribution in [0.15, 0.2) is 0 Å². The molecule has 1 fully saturated rings. The number of benzene rings is 1. The molecule has 2 rings (SSSR count). The minimum atomic E-state index is -2.47. The fourth-order valence-electron chi connectivity index (χ4n) is 4.47. The third-order valence-electron chi connectivity index (χ3n) is 6.68. The van der Waals surface area contributed by atoms with Crippen molar-refractivity contribution in [2.75, 3.05) is 72.0 Å². The van der Waals surface area contributed by atoms with E-state index in [4.69, 9.17) is 0 Å². The van der Waals surface area contributed by atoms with E-state index >= 15 is 0 Å². The molecule has 44 heavy (non-hydrogen) atoms. The molecule has 1 aromatic rings. The molecule has 19 heteroatoms. The molecule has 1 aliphatic heterocycles. The van der Waals surface area contributed by atoms with E-state index in [1.54, 1.807) is 0 Å². The molecule has 0 bridgehead atoms. The second-order valence-electron chi connectivity index (χ2n) is 9.81. The quantitative estimate of drug-likeness (QED) is 0.0784. The Morgan fingerprint density at radius 1 is 0.591 bits per heavy atom. The minimum absolute atomic E-state index is 0.0507. The zero-order valence-corrected chi connectivity index (χ0v) is 23.2. The maximum atomic E-state index is 13.9. The van der Waals surface area contributed by atoms with Gasteiger partial charge >= 0.3 is 29.8 Å². The minimum Gasteiger partial charge on any atom is -0.480 e. The Kier molecular flexibility index (Phi) is 13.8. The third kappa shape index (κ3) is 11.0. The summed E-state index contributed by atoms with van der Waals surface area (Å²) in [6.07, 6.45) is -1.43. The predicted octanol–water partition coefficient (Wildman–Crippen LogP) is -0.00370. The lowest BCUT2D eigenvalue weighted by atomic mass is 10.1. The molecule has 0 unspecified atom stereocenters. The lowest BCUT2D eigenvalue weighted by Gasteiger charge is -2.35. The highest BCUT2D eigenvalue weighted by Gasteiger charge is 2.31. The maximum Gasteiger partial charge on any atom is 0.320 e. The van der Waals surface area contributed by atoms with Gasteiger partial charge in [0.2, 0.25) is 34.8 Å². The summed E-state index contributed by atoms with van der Waals surface area (Å²) in [7, 11) is 0. The highest BCUT2D eigenvalue weighted by molar-refractivity contribution is 5.76. The number of carboxylic acid groups (broad SMARTS) is 4. The van der Waals surface area contributed by atoms with Crippen LogP contribution in [0.4, 0.5) is 22.0 Å². The molecule has 0 aliphatic carbocycles. The van der Waals surface area contributed by atoms with Gasteiger partial charge < -0.3 is 25.2 Å². The number of esters is 1. The molecule has 4 N–H and O–H groups in total. The number of carboxylic acids is 4. The number of rotatable bonds is 12. The van der Waals surface area contributed by atoms with Gasteiger partial charge in [0.15, 0.2) is 0 Å². The van der Waals surface area contributed by atoms with E-state index in [-0.39, 0.29) is 52.4 Å². The molecule has 0 saturated carbocycles. The van der Waals surface area contributed by atoms with Gasteiger partial charge in [-0.1, -0.05) is 0 Å². The van der Waals surface area contributed by atoms with Crippen molar-refractivity contribution in [2.24, 2.45) is 0 Å². The number of ether oxygens (including phenoxy) is 1. The monoisotopic (exact) mass is 642 g/mol. The van der Waals surface area contributed by atoms with Gasteiger partial charge in [-0.05, 0) is 6.42 Å². The van der Waals surface area contributed by atoms with Crippen LogP contribution >= 0.6 is 0 Å². The van der Waals surface area contributed by atoms with Crippen LogP contribution in [-0.4, -0.2) is 148 Å². The zero-order valence-electron chi connectivity index (χ0n) is 23.2. The number of aliphatic carboxylic acids is 4. The van der Waals surface area contributed by atoms with Crippen molar-refractivity contribution < 1.29 is 71.1 Å². The Morgan fingerprint density at radius 2 is 0.932 bits per heavy atom. The summed E-state index contributed by atoms with van der Waals surface area (Å²) in [6.45, 7) is -1.42. The van der Waals surface area contributed by atoms with E-state index in [9.17, 15) is 66.4 Å². The molecular weight excluding hydrogens is 611 g/mol. The lowest BCUT2D eigenvalue weighted by molar-refractivity contribution is -0.145. The van der Waals surface area contributed by atoms with Crippen LogP contribution in [0, 0.1) is 29.1 Å². The number of carbonyl (C=O) groups is 5. The fraction of sp³-hybridized carbons (Fsp3) is 0.560. The lowest BCUT2D eigenvalue weighted by Crippen LogP contribution is -2.52. The third-order valence-corrected chi connectivity index (χ3v) is 6.68. The molecule has 246 valence electrons. The second-order valence-corrected chi connectivity index (χ2v) is 9.81. The molecule has 0 aromatic heterocycles. The van der Waals surface area contributed by atoms with Gasteiger partial charge in [0.05, 0.1) is 19.6 Å². The molecule has 0 spiro atoms. The van der Waals surface area contributed by atoms with Gasteiger partial charge in [-0.15, -0.1) is 0 Å². The largest absolute Gasteiger partial charge is 0.480 e. The number of nitrogens with zero attached hydrogens (tertiary/aromatic N) is 4. The summed E-state index contributed by atoms with van der Waals surface area (Å²) in [5.74, 6) is -20.4. The highest BCUT2D eigenvalue weighted by Crippen LogP contribution is 2.29. The van der Waals surface area contributed by atoms with Crippen molar-refractivity contribution in [3.63, 3.8) is 0 Å². The van der Waals surface area contributed by atoms with Gasteiger partial charge in [-0.25, -0.2) is 13.2 Å². The summed E-state index contributed by atoms with van der Waals surface area (Å²) in [6, 6.07) is -1.51. The zero-order chi connectivity index (χ0) is 33.1. The smallest absolute Gasteiger partial charge is 0.320 e. The SMILES string of the molecule is O=C(O)CN1CCN(CC(=O)O)CCN([C@H](CCC(=O)Oc2c(F)c(F)c(F)c(F)c2F)C(=O)O)CCN(CC(=O)O)CC1. The molecule has 0 amide bonds. The fourth-order valence-corrected chi connectivity index (χ4v) is 4.47. The Hall–Kier alpha value is -3.94. The molecular formula is C25H31F5N4O10. The van der Waals surface area contributed by atoms with Crippen LogP contribution in [0.3, 0.4) is 0 Å². The Labute approximate surface area is 246 Å². The molecule has 1 saturated heterocycles. The van der Waals surface area contributed by atoms with Gasteiger partial charge in [0.1, 0.15) is 6.04 Å². The van der Waals surface area contributed by atoms with Crippen molar-refractivity contribution in [1.29, 1.82) is 0 Å². The van der Waals surface area contributed by atoms with Gasteiger partial charge in [-0.2, -0.15) is 8.78 Å². The van der Waals surface area contributed by atoms with Crippen molar-refractivity contribution in [1.82, 2.24) is 19.6 Å². The first-order chi connectivity index (χ1) is 20.6. The van der Waals surface area contributed by atoms with E-state index in [0.717, 1.165) is 0 Å². The summed E-state index contributed by atoms with van der Waals surface area (Å²) >= 11 is 0. The molecule has 1 aromatic carbocycles. The van der Waals surface area contributed by atoms with Crippen LogP contribution in [-0.2, 0) is 24.0 Å². The van der Waals surface area contributed by atoms with Crippen molar-refractivity contribution in [3.8, 4) is 5.75 Å². The average Bonchev–Trinajstić information content (AvgIpc) is 2.93. The maximum absolute atomic E-state index is 13.9. The Morgan fingerprint density at radius 3 is 1.27 bits per heavy atom. The van der Waals surface area contributed by atoms with Gasteiger partial charge in [0, 0.05) is 58.8 Å². The molecule has 14 nitrogen and oxygen atoms in total. The van der Waals surface area contributed by atoms with Crippen molar-refractivity contribution in [2.45, 2.75) is 18.9 Å². The number of carbonyl (C=O) groups excluding carboxylic acids is 1. The van der Waals surface area contributed by atoms with E-state index in [1.807, 2.05) is 0 Å². The summed E-state index contributed by atoms with van der Waals surface area (Å²) in [4.78, 5) is 64.3. The average molecular weight is 643 g/mol.